The molecule has 0 amide bonds. The van der Waals surface area contributed by atoms with Crippen molar-refractivity contribution in [3.63, 3.8) is 0 Å². The van der Waals surface area contributed by atoms with Crippen LogP contribution in [0.25, 0.3) is 0 Å². The molecule has 0 aliphatic carbocycles. The van der Waals surface area contributed by atoms with E-state index in [4.69, 9.17) is 21.1 Å². The van der Waals surface area contributed by atoms with Gasteiger partial charge in [0.1, 0.15) is 0 Å². The third kappa shape index (κ3) is 9.89. The van der Waals surface area contributed by atoms with Crippen molar-refractivity contribution in [2.45, 2.75) is 51.7 Å². The molecule has 0 radical (unpaired) electrons. The molecule has 0 aliphatic heterocycles. The van der Waals surface area contributed by atoms with Crippen molar-refractivity contribution in [1.29, 1.82) is 0 Å². The van der Waals surface area contributed by atoms with E-state index in [1.807, 2.05) is 6.92 Å². The maximum Gasteiger partial charge on any atom is 0.0745 e. The van der Waals surface area contributed by atoms with Gasteiger partial charge in [0.15, 0.2) is 0 Å². The zero-order chi connectivity index (χ0) is 13.8. The maximum absolute atomic E-state index is 9.62. The lowest BCUT2D eigenvalue weighted by molar-refractivity contribution is 0.00581. The predicted molar refractivity (Wildman–Crippen MR) is 76.2 cm³/mol. The number of aliphatic hydroxyl groups excluding tert-OH is 1. The standard InChI is InChI=1S/C14H27ClO3/c1-4-5-8-17-9-10-18-13(11-15)6-7-14(16)12(2)3/h13-14,16H,2,4-11H2,1,3H3. The predicted octanol–water partition coefficient (Wildman–Crippen LogP) is 3.14. The van der Waals surface area contributed by atoms with Crippen LogP contribution in [-0.2, 0) is 9.47 Å². The Hall–Kier alpha value is -0.0900. The first-order valence-electron chi connectivity index (χ1n) is 6.70. The minimum Gasteiger partial charge on any atom is -0.389 e. The highest BCUT2D eigenvalue weighted by atomic mass is 35.5. The molecule has 0 bridgehead atoms. The number of aliphatic hydroxyl groups is 1. The Morgan fingerprint density at radius 2 is 2.00 bits per heavy atom. The summed E-state index contributed by atoms with van der Waals surface area (Å²) < 4.78 is 11.0. The molecule has 0 fully saturated rings. The molecular weight excluding hydrogens is 252 g/mol. The average molecular weight is 279 g/mol. The van der Waals surface area contributed by atoms with Crippen molar-refractivity contribution in [3.05, 3.63) is 12.2 Å². The van der Waals surface area contributed by atoms with Crippen LogP contribution < -0.4 is 0 Å². The molecule has 3 nitrogen and oxygen atoms in total. The van der Waals surface area contributed by atoms with Crippen LogP contribution in [0.4, 0.5) is 0 Å². The molecule has 0 aromatic heterocycles. The lowest BCUT2D eigenvalue weighted by atomic mass is 10.1. The zero-order valence-corrected chi connectivity index (χ0v) is 12.4. The summed E-state index contributed by atoms with van der Waals surface area (Å²) in [5, 5.41) is 9.62. The smallest absolute Gasteiger partial charge is 0.0745 e. The largest absolute Gasteiger partial charge is 0.389 e. The number of hydrogen-bond donors (Lipinski definition) is 1. The molecule has 0 saturated heterocycles. The van der Waals surface area contributed by atoms with E-state index >= 15 is 0 Å². The second-order valence-electron chi connectivity index (χ2n) is 4.55. The number of ether oxygens (including phenoxy) is 2. The molecule has 4 heteroatoms. The number of alkyl halides is 1. The topological polar surface area (TPSA) is 38.7 Å². The minimum absolute atomic E-state index is 0.0181. The number of unbranched alkanes of at least 4 members (excludes halogenated alkanes) is 1. The van der Waals surface area contributed by atoms with E-state index < -0.39 is 6.10 Å². The van der Waals surface area contributed by atoms with Gasteiger partial charge in [-0.1, -0.05) is 25.5 Å². The number of rotatable bonds is 12. The van der Waals surface area contributed by atoms with E-state index in [1.165, 1.54) is 0 Å². The van der Waals surface area contributed by atoms with Gasteiger partial charge in [0, 0.05) is 12.5 Å². The third-order valence-electron chi connectivity index (χ3n) is 2.73. The quantitative estimate of drug-likeness (QED) is 0.339. The molecule has 0 aromatic rings. The molecule has 0 saturated carbocycles. The molecular formula is C14H27ClO3. The fourth-order valence-electron chi connectivity index (χ4n) is 1.42. The molecule has 0 aromatic carbocycles. The Morgan fingerprint density at radius 1 is 1.28 bits per heavy atom. The van der Waals surface area contributed by atoms with E-state index in [0.29, 0.717) is 25.5 Å². The molecule has 0 heterocycles. The highest BCUT2D eigenvalue weighted by Crippen LogP contribution is 2.11. The van der Waals surface area contributed by atoms with Crippen LogP contribution in [0.15, 0.2) is 12.2 Å². The van der Waals surface area contributed by atoms with Gasteiger partial charge in [-0.05, 0) is 26.2 Å². The summed E-state index contributed by atoms with van der Waals surface area (Å²) in [7, 11) is 0. The van der Waals surface area contributed by atoms with Crippen molar-refractivity contribution < 1.29 is 14.6 Å². The van der Waals surface area contributed by atoms with Crippen LogP contribution in [0.2, 0.25) is 0 Å². The van der Waals surface area contributed by atoms with Gasteiger partial charge in [-0.15, -0.1) is 11.6 Å². The van der Waals surface area contributed by atoms with E-state index in [-0.39, 0.29) is 6.10 Å². The van der Waals surface area contributed by atoms with Crippen LogP contribution in [0.1, 0.15) is 39.5 Å². The van der Waals surface area contributed by atoms with Crippen LogP contribution in [0.3, 0.4) is 0 Å². The lowest BCUT2D eigenvalue weighted by Gasteiger charge is -2.17. The van der Waals surface area contributed by atoms with E-state index in [0.717, 1.165) is 31.4 Å². The van der Waals surface area contributed by atoms with Crippen LogP contribution >= 0.6 is 11.6 Å². The Kier molecular flexibility index (Phi) is 11.9. The molecule has 0 aliphatic rings. The molecule has 2 atom stereocenters. The highest BCUT2D eigenvalue weighted by Gasteiger charge is 2.11. The maximum atomic E-state index is 9.62. The third-order valence-corrected chi connectivity index (χ3v) is 3.07. The Morgan fingerprint density at radius 3 is 2.56 bits per heavy atom. The summed E-state index contributed by atoms with van der Waals surface area (Å²) in [6.45, 7) is 9.64. The Labute approximate surface area is 116 Å². The molecule has 0 spiro atoms. The van der Waals surface area contributed by atoms with Crippen molar-refractivity contribution in [1.82, 2.24) is 0 Å². The first-order valence-corrected chi connectivity index (χ1v) is 7.24. The van der Waals surface area contributed by atoms with Gasteiger partial charge in [-0.2, -0.15) is 0 Å². The molecule has 2 unspecified atom stereocenters. The summed E-state index contributed by atoms with van der Waals surface area (Å²) in [6, 6.07) is 0. The fraction of sp³-hybridized carbons (Fsp3) is 0.857. The lowest BCUT2D eigenvalue weighted by Crippen LogP contribution is -2.21. The van der Waals surface area contributed by atoms with Crippen molar-refractivity contribution >= 4 is 11.6 Å². The van der Waals surface area contributed by atoms with Crippen molar-refractivity contribution in [2.24, 2.45) is 0 Å². The Balaban J connectivity index is 3.55. The SMILES string of the molecule is C=C(C)C(O)CCC(CCl)OCCOCCCC. The zero-order valence-electron chi connectivity index (χ0n) is 11.7. The monoisotopic (exact) mass is 278 g/mol. The second-order valence-corrected chi connectivity index (χ2v) is 4.86. The van der Waals surface area contributed by atoms with Gasteiger partial charge in [0.25, 0.3) is 0 Å². The summed E-state index contributed by atoms with van der Waals surface area (Å²) >= 11 is 5.82. The van der Waals surface area contributed by atoms with Crippen LogP contribution in [-0.4, -0.2) is 43.0 Å². The van der Waals surface area contributed by atoms with Gasteiger partial charge in [-0.25, -0.2) is 0 Å². The van der Waals surface area contributed by atoms with Crippen LogP contribution in [0, 0.1) is 0 Å². The van der Waals surface area contributed by atoms with Gasteiger partial charge in [-0.3, -0.25) is 0 Å². The summed E-state index contributed by atoms with van der Waals surface area (Å²) in [4.78, 5) is 0. The normalized spacial score (nSPS) is 14.4. The first kappa shape index (κ1) is 17.9. The van der Waals surface area contributed by atoms with Crippen molar-refractivity contribution in [3.8, 4) is 0 Å². The molecule has 108 valence electrons. The number of halogens is 1. The number of hydrogen-bond acceptors (Lipinski definition) is 3. The summed E-state index contributed by atoms with van der Waals surface area (Å²) in [5.41, 5.74) is 0.784. The molecule has 18 heavy (non-hydrogen) atoms. The average Bonchev–Trinajstić information content (AvgIpc) is 2.36. The van der Waals surface area contributed by atoms with Gasteiger partial charge < -0.3 is 14.6 Å². The van der Waals surface area contributed by atoms with E-state index in [1.54, 1.807) is 0 Å². The van der Waals surface area contributed by atoms with Gasteiger partial charge in [0.2, 0.25) is 0 Å². The van der Waals surface area contributed by atoms with Gasteiger partial charge >= 0.3 is 0 Å². The molecule has 0 rings (SSSR count). The first-order chi connectivity index (χ1) is 8.61. The van der Waals surface area contributed by atoms with Gasteiger partial charge in [0.05, 0.1) is 25.4 Å². The summed E-state index contributed by atoms with van der Waals surface area (Å²) in [5.74, 6) is 0.442. The molecule has 1 N–H and O–H groups in total. The summed E-state index contributed by atoms with van der Waals surface area (Å²) in [6.07, 6.45) is 3.14. The fourth-order valence-corrected chi connectivity index (χ4v) is 1.66. The Bertz CT molecular complexity index is 209. The van der Waals surface area contributed by atoms with Crippen molar-refractivity contribution in [2.75, 3.05) is 25.7 Å². The van der Waals surface area contributed by atoms with Crippen LogP contribution in [0.5, 0.6) is 0 Å². The van der Waals surface area contributed by atoms with E-state index in [9.17, 15) is 5.11 Å². The minimum atomic E-state index is -0.458. The highest BCUT2D eigenvalue weighted by molar-refractivity contribution is 6.18. The second kappa shape index (κ2) is 12.0. The van der Waals surface area contributed by atoms with E-state index in [2.05, 4.69) is 13.5 Å².